The van der Waals surface area contributed by atoms with Crippen LogP contribution in [-0.2, 0) is 14.3 Å². The van der Waals surface area contributed by atoms with Crippen molar-refractivity contribution < 1.29 is 14.3 Å². The lowest BCUT2D eigenvalue weighted by Gasteiger charge is -2.37. The van der Waals surface area contributed by atoms with Crippen LogP contribution < -0.4 is 10.6 Å². The Morgan fingerprint density at radius 1 is 1.36 bits per heavy atom. The Balaban J connectivity index is 1.95. The van der Waals surface area contributed by atoms with E-state index in [1.807, 2.05) is 56.9 Å². The third-order valence-electron chi connectivity index (χ3n) is 4.91. The minimum atomic E-state index is -0.431. The summed E-state index contributed by atoms with van der Waals surface area (Å²) in [5.74, 6) is -0.188. The smallest absolute Gasteiger partial charge is 0.338 e. The zero-order valence-corrected chi connectivity index (χ0v) is 17.6. The lowest BCUT2D eigenvalue weighted by Crippen LogP contribution is -2.47. The lowest BCUT2D eigenvalue weighted by molar-refractivity contribution is -0.143. The number of nitrogens with one attached hydrogen (secondary N) is 2. The molecule has 2 aliphatic rings. The van der Waals surface area contributed by atoms with E-state index in [4.69, 9.17) is 17.0 Å². The van der Waals surface area contributed by atoms with E-state index in [0.717, 1.165) is 24.1 Å². The van der Waals surface area contributed by atoms with Gasteiger partial charge in [0, 0.05) is 23.8 Å². The second-order valence-electron chi connectivity index (χ2n) is 7.47. The number of hydrogen-bond acceptors (Lipinski definition) is 4. The van der Waals surface area contributed by atoms with Crippen LogP contribution in [0.1, 0.15) is 52.1 Å². The van der Waals surface area contributed by atoms with Crippen LogP contribution in [-0.4, -0.2) is 34.5 Å². The number of anilines is 1. The molecule has 0 saturated heterocycles. The Kier molecular flexibility index (Phi) is 6.03. The van der Waals surface area contributed by atoms with Gasteiger partial charge in [-0.3, -0.25) is 4.79 Å². The molecule has 0 spiro atoms. The molecule has 7 heteroatoms. The van der Waals surface area contributed by atoms with Gasteiger partial charge in [-0.05, 0) is 70.5 Å². The molecule has 1 amide bonds. The highest BCUT2D eigenvalue weighted by Crippen LogP contribution is 2.34. The van der Waals surface area contributed by atoms with Crippen molar-refractivity contribution in [3.8, 4) is 0 Å². The van der Waals surface area contributed by atoms with Gasteiger partial charge in [0.15, 0.2) is 5.11 Å². The van der Waals surface area contributed by atoms with Gasteiger partial charge in [0.25, 0.3) is 0 Å². The van der Waals surface area contributed by atoms with Gasteiger partial charge in [0.05, 0.1) is 17.7 Å². The molecular formula is C21H27N3O3S. The van der Waals surface area contributed by atoms with Crippen LogP contribution in [0.3, 0.4) is 0 Å². The number of thiocarbonyl (C=S) groups is 1. The first-order valence-electron chi connectivity index (χ1n) is 9.72. The van der Waals surface area contributed by atoms with E-state index in [9.17, 15) is 9.59 Å². The normalized spacial score (nSPS) is 19.5. The summed E-state index contributed by atoms with van der Waals surface area (Å²) in [4.78, 5) is 26.9. The third-order valence-corrected chi connectivity index (χ3v) is 5.25. The third kappa shape index (κ3) is 4.35. The van der Waals surface area contributed by atoms with Crippen molar-refractivity contribution in [2.45, 2.75) is 52.7 Å². The molecular weight excluding hydrogens is 374 g/mol. The highest BCUT2D eigenvalue weighted by Gasteiger charge is 2.35. The summed E-state index contributed by atoms with van der Waals surface area (Å²) >= 11 is 5.51. The van der Waals surface area contributed by atoms with Crippen molar-refractivity contribution in [3.63, 3.8) is 0 Å². The number of carbonyl (C=O) groups excluding carboxylic acids is 2. The standard InChI is InChI=1S/C21H27N3O3S/c1-5-24-13(4)17(20(26)27-12(2)3)18(23-21(24)28)15-7-6-8-16(11-15)22-19(25)14-9-10-14/h6-8,11-12,14,18H,5,9-10H2,1-4H3,(H,22,25)(H,23,28)/t18-/m1/s1. The Morgan fingerprint density at radius 2 is 2.07 bits per heavy atom. The average Bonchev–Trinajstić information content (AvgIpc) is 3.46. The van der Waals surface area contributed by atoms with Gasteiger partial charge in [-0.25, -0.2) is 4.79 Å². The predicted octanol–water partition coefficient (Wildman–Crippen LogP) is 3.51. The number of ether oxygens (including phenoxy) is 1. The summed E-state index contributed by atoms with van der Waals surface area (Å²) in [7, 11) is 0. The highest BCUT2D eigenvalue weighted by atomic mass is 32.1. The fourth-order valence-corrected chi connectivity index (χ4v) is 3.72. The first-order valence-corrected chi connectivity index (χ1v) is 10.1. The Labute approximate surface area is 171 Å². The quantitative estimate of drug-likeness (QED) is 0.562. The summed E-state index contributed by atoms with van der Waals surface area (Å²) in [6.07, 6.45) is 1.68. The van der Waals surface area contributed by atoms with Crippen molar-refractivity contribution >= 4 is 34.9 Å². The van der Waals surface area contributed by atoms with Gasteiger partial charge in [0.1, 0.15) is 0 Å². The second kappa shape index (κ2) is 8.31. The van der Waals surface area contributed by atoms with Crippen LogP contribution in [0.4, 0.5) is 5.69 Å². The van der Waals surface area contributed by atoms with Crippen molar-refractivity contribution in [3.05, 3.63) is 41.1 Å². The Hall–Kier alpha value is -2.41. The SMILES string of the molecule is CCN1C(=S)N[C@H](c2cccc(NC(=O)C3CC3)c2)C(C(=O)OC(C)C)=C1C. The number of rotatable bonds is 6. The van der Waals surface area contributed by atoms with Crippen LogP contribution in [0.15, 0.2) is 35.5 Å². The molecule has 1 aliphatic heterocycles. The van der Waals surface area contributed by atoms with Crippen molar-refractivity contribution in [2.24, 2.45) is 5.92 Å². The Bertz CT molecular complexity index is 830. The molecule has 1 aliphatic carbocycles. The van der Waals surface area contributed by atoms with Gasteiger partial charge in [0.2, 0.25) is 5.91 Å². The summed E-state index contributed by atoms with van der Waals surface area (Å²) in [5.41, 5.74) is 2.89. The highest BCUT2D eigenvalue weighted by molar-refractivity contribution is 7.80. The van der Waals surface area contributed by atoms with Crippen molar-refractivity contribution in [1.29, 1.82) is 0 Å². The molecule has 1 saturated carbocycles. The molecule has 150 valence electrons. The monoisotopic (exact) mass is 401 g/mol. The van der Waals surface area contributed by atoms with E-state index in [-0.39, 0.29) is 23.9 Å². The van der Waals surface area contributed by atoms with E-state index < -0.39 is 6.04 Å². The van der Waals surface area contributed by atoms with Gasteiger partial charge in [-0.15, -0.1) is 0 Å². The van der Waals surface area contributed by atoms with Crippen LogP contribution in [0.5, 0.6) is 0 Å². The number of amides is 1. The fourth-order valence-electron chi connectivity index (χ4n) is 3.34. The summed E-state index contributed by atoms with van der Waals surface area (Å²) in [6, 6.07) is 7.10. The van der Waals surface area contributed by atoms with Gasteiger partial charge >= 0.3 is 5.97 Å². The molecule has 0 aromatic heterocycles. The maximum atomic E-state index is 12.9. The van der Waals surface area contributed by atoms with Crippen LogP contribution in [0.25, 0.3) is 0 Å². The number of carbonyl (C=O) groups is 2. The first kappa shape index (κ1) is 20.3. The van der Waals surface area contributed by atoms with Crippen LogP contribution in [0.2, 0.25) is 0 Å². The van der Waals surface area contributed by atoms with E-state index >= 15 is 0 Å². The lowest BCUT2D eigenvalue weighted by atomic mass is 9.94. The number of benzene rings is 1. The van der Waals surface area contributed by atoms with Gasteiger partial charge in [-0.1, -0.05) is 12.1 Å². The molecule has 1 atom stereocenters. The van der Waals surface area contributed by atoms with E-state index in [2.05, 4.69) is 10.6 Å². The molecule has 1 heterocycles. The number of nitrogens with zero attached hydrogens (tertiary/aromatic N) is 1. The Morgan fingerprint density at radius 3 is 2.68 bits per heavy atom. The first-order chi connectivity index (χ1) is 13.3. The molecule has 28 heavy (non-hydrogen) atoms. The minimum absolute atomic E-state index is 0.0487. The van der Waals surface area contributed by atoms with Crippen molar-refractivity contribution in [2.75, 3.05) is 11.9 Å². The van der Waals surface area contributed by atoms with E-state index in [1.54, 1.807) is 0 Å². The predicted molar refractivity (Wildman–Crippen MR) is 113 cm³/mol. The summed E-state index contributed by atoms with van der Waals surface area (Å²) < 4.78 is 5.50. The van der Waals surface area contributed by atoms with Crippen LogP contribution >= 0.6 is 12.2 Å². The maximum absolute atomic E-state index is 12.9. The van der Waals surface area contributed by atoms with Crippen molar-refractivity contribution in [1.82, 2.24) is 10.2 Å². The molecule has 0 unspecified atom stereocenters. The molecule has 6 nitrogen and oxygen atoms in total. The summed E-state index contributed by atoms with van der Waals surface area (Å²) in [5, 5.41) is 6.80. The van der Waals surface area contributed by atoms with Crippen LogP contribution in [0, 0.1) is 5.92 Å². The molecule has 1 aromatic rings. The zero-order valence-electron chi connectivity index (χ0n) is 16.7. The number of hydrogen-bond donors (Lipinski definition) is 2. The zero-order chi connectivity index (χ0) is 20.4. The largest absolute Gasteiger partial charge is 0.459 e. The fraction of sp³-hybridized carbons (Fsp3) is 0.476. The molecule has 0 radical (unpaired) electrons. The molecule has 2 N–H and O–H groups in total. The minimum Gasteiger partial charge on any atom is -0.459 e. The number of esters is 1. The van der Waals surface area contributed by atoms with Gasteiger partial charge < -0.3 is 20.3 Å². The summed E-state index contributed by atoms with van der Waals surface area (Å²) in [6.45, 7) is 8.18. The molecule has 1 aromatic carbocycles. The number of allylic oxidation sites excluding steroid dienone is 1. The maximum Gasteiger partial charge on any atom is 0.338 e. The molecule has 3 rings (SSSR count). The van der Waals surface area contributed by atoms with Gasteiger partial charge in [-0.2, -0.15) is 0 Å². The van der Waals surface area contributed by atoms with E-state index in [0.29, 0.717) is 22.9 Å². The average molecular weight is 402 g/mol. The van der Waals surface area contributed by atoms with E-state index in [1.165, 1.54) is 0 Å². The molecule has 0 bridgehead atoms. The topological polar surface area (TPSA) is 70.7 Å². The second-order valence-corrected chi connectivity index (χ2v) is 7.86. The molecule has 1 fully saturated rings.